The minimum atomic E-state index is 0.905. The van der Waals surface area contributed by atoms with Gasteiger partial charge in [-0.15, -0.1) is 0 Å². The highest BCUT2D eigenvalue weighted by molar-refractivity contribution is 5.86. The second-order valence-electron chi connectivity index (χ2n) is 3.46. The molecular weight excluding hydrogens is 122 g/mol. The molecule has 1 aliphatic carbocycles. The summed E-state index contributed by atoms with van der Waals surface area (Å²) in [6.45, 7) is 1.12. The van der Waals surface area contributed by atoms with Gasteiger partial charge in [-0.25, -0.2) is 0 Å². The van der Waals surface area contributed by atoms with Gasteiger partial charge in [-0.1, -0.05) is 6.42 Å². The van der Waals surface area contributed by atoms with Crippen LogP contribution in [-0.4, -0.2) is 12.3 Å². The predicted molar refractivity (Wildman–Crippen MR) is 43.2 cm³/mol. The minimum Gasteiger partial charge on any atom is -0.0520 e. The minimum absolute atomic E-state index is 0.905. The van der Waals surface area contributed by atoms with Crippen molar-refractivity contribution in [1.82, 2.24) is 4.99 Å². The third-order valence-corrected chi connectivity index (χ3v) is 2.73. The summed E-state index contributed by atoms with van der Waals surface area (Å²) in [6.07, 6.45) is 8.36. The number of hydrogen-bond donors (Lipinski definition) is 0. The molecule has 0 aromatic heterocycles. The zero-order valence-corrected chi connectivity index (χ0v) is 6.47. The summed E-state index contributed by atoms with van der Waals surface area (Å²) in [5.41, 5.74) is 1.55. The van der Waals surface area contributed by atoms with Crippen LogP contribution in [0.2, 0.25) is 0 Å². The van der Waals surface area contributed by atoms with Crippen LogP contribution in [-0.2, 0) is 0 Å². The standard InChI is InChI=1S/C9H15N/c1-2-6-9-8(4-1)5-3-7-10-9/h8H,1-7H2/q+1. The second-order valence-corrected chi connectivity index (χ2v) is 3.46. The van der Waals surface area contributed by atoms with Crippen molar-refractivity contribution in [2.75, 3.05) is 6.54 Å². The molecule has 10 heavy (non-hydrogen) atoms. The first-order chi connectivity index (χ1) is 4.97. The predicted octanol–water partition coefficient (Wildman–Crippen LogP) is 1.75. The van der Waals surface area contributed by atoms with Gasteiger partial charge in [0, 0.05) is 23.8 Å². The van der Waals surface area contributed by atoms with Crippen LogP contribution in [0, 0.1) is 5.92 Å². The van der Waals surface area contributed by atoms with Gasteiger partial charge in [0.25, 0.3) is 0 Å². The molecule has 2 aliphatic rings. The molecule has 55 valence electrons. The average Bonchev–Trinajstić information content (AvgIpc) is 2.05. The maximum atomic E-state index is 4.57. The van der Waals surface area contributed by atoms with Crippen LogP contribution in [0.3, 0.4) is 0 Å². The van der Waals surface area contributed by atoms with E-state index in [4.69, 9.17) is 0 Å². The normalized spacial score (nSPS) is 32.8. The lowest BCUT2D eigenvalue weighted by atomic mass is 9.83. The van der Waals surface area contributed by atoms with Crippen LogP contribution >= 0.6 is 0 Å². The fourth-order valence-corrected chi connectivity index (χ4v) is 2.15. The number of aliphatic imine (C=N–C) groups is 1. The zero-order valence-electron chi connectivity index (χ0n) is 6.47. The highest BCUT2D eigenvalue weighted by Gasteiger charge is 2.30. The number of hydrogen-bond acceptors (Lipinski definition) is 1. The van der Waals surface area contributed by atoms with E-state index >= 15 is 0 Å². The summed E-state index contributed by atoms with van der Waals surface area (Å²) >= 11 is 0. The lowest BCUT2D eigenvalue weighted by Crippen LogP contribution is -2.28. The van der Waals surface area contributed by atoms with Gasteiger partial charge in [-0.05, 0) is 19.3 Å². The molecule has 1 aliphatic heterocycles. The van der Waals surface area contributed by atoms with Gasteiger partial charge in [0.15, 0.2) is 0 Å². The maximum Gasteiger partial charge on any atom is 0.226 e. The van der Waals surface area contributed by atoms with Crippen molar-refractivity contribution in [2.45, 2.75) is 38.5 Å². The third-order valence-electron chi connectivity index (χ3n) is 2.73. The summed E-state index contributed by atoms with van der Waals surface area (Å²) in [7, 11) is 0. The van der Waals surface area contributed by atoms with E-state index in [1.807, 2.05) is 0 Å². The first kappa shape index (κ1) is 6.38. The summed E-state index contributed by atoms with van der Waals surface area (Å²) < 4.78 is 0. The van der Waals surface area contributed by atoms with Crippen molar-refractivity contribution >= 4 is 5.71 Å². The van der Waals surface area contributed by atoms with Crippen LogP contribution in [0.25, 0.3) is 0 Å². The molecule has 0 saturated heterocycles. The van der Waals surface area contributed by atoms with Gasteiger partial charge in [0.05, 0.1) is 0 Å². The molecular formula is C9H15N+. The van der Waals surface area contributed by atoms with Crippen molar-refractivity contribution in [3.63, 3.8) is 0 Å². The molecule has 2 rings (SSSR count). The van der Waals surface area contributed by atoms with Crippen LogP contribution in [0.5, 0.6) is 0 Å². The largest absolute Gasteiger partial charge is 0.226 e. The summed E-state index contributed by atoms with van der Waals surface area (Å²) in [4.78, 5) is 4.57. The molecule has 1 nitrogen and oxygen atoms in total. The van der Waals surface area contributed by atoms with Crippen LogP contribution in [0.1, 0.15) is 38.5 Å². The Bertz CT molecular complexity index is 149. The first-order valence-corrected chi connectivity index (χ1v) is 4.50. The molecule has 0 N–H and O–H groups in total. The Labute approximate surface area is 62.5 Å². The van der Waals surface area contributed by atoms with Crippen LogP contribution in [0.4, 0.5) is 0 Å². The molecule has 1 atom stereocenters. The second kappa shape index (κ2) is 2.73. The summed E-state index contributed by atoms with van der Waals surface area (Å²) in [6, 6.07) is 0. The van der Waals surface area contributed by atoms with E-state index in [1.54, 1.807) is 5.71 Å². The molecule has 1 saturated carbocycles. The number of rotatable bonds is 0. The highest BCUT2D eigenvalue weighted by Crippen LogP contribution is 2.25. The van der Waals surface area contributed by atoms with E-state index in [0.717, 1.165) is 12.5 Å². The number of nitrogens with zero attached hydrogens (tertiary/aromatic N) is 1. The Balaban J connectivity index is 2.08. The molecule has 0 aromatic rings. The molecule has 0 bridgehead atoms. The van der Waals surface area contributed by atoms with Crippen molar-refractivity contribution in [2.24, 2.45) is 5.92 Å². The molecule has 0 aromatic carbocycles. The van der Waals surface area contributed by atoms with Crippen molar-refractivity contribution in [3.05, 3.63) is 0 Å². The van der Waals surface area contributed by atoms with Gasteiger partial charge in [0.1, 0.15) is 0 Å². The van der Waals surface area contributed by atoms with E-state index in [9.17, 15) is 0 Å². The fourth-order valence-electron chi connectivity index (χ4n) is 2.15. The van der Waals surface area contributed by atoms with E-state index < -0.39 is 0 Å². The van der Waals surface area contributed by atoms with E-state index in [2.05, 4.69) is 4.99 Å². The van der Waals surface area contributed by atoms with Crippen molar-refractivity contribution in [1.29, 1.82) is 0 Å². The topological polar surface area (TPSA) is 14.1 Å². The maximum absolute atomic E-state index is 4.57. The van der Waals surface area contributed by atoms with Crippen molar-refractivity contribution < 1.29 is 0 Å². The van der Waals surface area contributed by atoms with Crippen molar-refractivity contribution in [3.8, 4) is 0 Å². The third kappa shape index (κ3) is 1.09. The van der Waals surface area contributed by atoms with Gasteiger partial charge >= 0.3 is 0 Å². The van der Waals surface area contributed by atoms with E-state index in [0.29, 0.717) is 0 Å². The molecule has 0 spiro atoms. The van der Waals surface area contributed by atoms with E-state index in [1.165, 1.54) is 38.5 Å². The van der Waals surface area contributed by atoms with Gasteiger partial charge in [-0.3, -0.25) is 0 Å². The smallest absolute Gasteiger partial charge is 0.0520 e. The Morgan fingerprint density at radius 2 is 2.00 bits per heavy atom. The lowest BCUT2D eigenvalue weighted by Gasteiger charge is -2.19. The Morgan fingerprint density at radius 1 is 1.10 bits per heavy atom. The highest BCUT2D eigenvalue weighted by atomic mass is 14.8. The van der Waals surface area contributed by atoms with E-state index in [-0.39, 0.29) is 0 Å². The summed E-state index contributed by atoms with van der Waals surface area (Å²) in [5.74, 6) is 0.905. The number of fused-ring (bicyclic) bond motifs is 1. The molecule has 1 heterocycles. The SMILES string of the molecule is C1CCC2CCC[N+]=C2C1. The quantitative estimate of drug-likeness (QED) is 0.483. The summed E-state index contributed by atoms with van der Waals surface area (Å²) in [5, 5.41) is 0. The van der Waals surface area contributed by atoms with Gasteiger partial charge in [0.2, 0.25) is 12.3 Å². The van der Waals surface area contributed by atoms with Gasteiger partial charge in [-0.2, -0.15) is 0 Å². The van der Waals surface area contributed by atoms with Gasteiger partial charge < -0.3 is 0 Å². The fraction of sp³-hybridized carbons (Fsp3) is 0.889. The molecule has 1 unspecified atom stereocenters. The Kier molecular flexibility index (Phi) is 1.74. The first-order valence-electron chi connectivity index (χ1n) is 4.50. The molecule has 1 heteroatoms. The van der Waals surface area contributed by atoms with Crippen LogP contribution in [0.15, 0.2) is 0 Å². The lowest BCUT2D eigenvalue weighted by molar-refractivity contribution is 0.456. The Hall–Kier alpha value is -0.330. The molecule has 1 radical (unpaired) electrons. The molecule has 0 amide bonds. The average molecular weight is 137 g/mol. The molecule has 1 fully saturated rings. The van der Waals surface area contributed by atoms with Crippen LogP contribution < -0.4 is 4.99 Å². The monoisotopic (exact) mass is 137 g/mol. The zero-order chi connectivity index (χ0) is 6.81. The Morgan fingerprint density at radius 3 is 2.90 bits per heavy atom.